The third kappa shape index (κ3) is 4.59. The summed E-state index contributed by atoms with van der Waals surface area (Å²) in [5.74, 6) is -1.80. The number of sulfonamides is 1. The number of aryl methyl sites for hydroxylation is 1. The van der Waals surface area contributed by atoms with Crippen molar-refractivity contribution >= 4 is 27.5 Å². The van der Waals surface area contributed by atoms with Gasteiger partial charge in [-0.3, -0.25) is 14.5 Å². The van der Waals surface area contributed by atoms with Gasteiger partial charge in [0.15, 0.2) is 0 Å². The number of para-hydroxylation sites is 1. The molecule has 2 aromatic carbocycles. The fourth-order valence-corrected chi connectivity index (χ4v) is 6.27. The van der Waals surface area contributed by atoms with Gasteiger partial charge in [0.2, 0.25) is 21.8 Å². The van der Waals surface area contributed by atoms with Crippen molar-refractivity contribution in [3.63, 3.8) is 0 Å². The standard InChI is InChI=1S/C25H30FN3O4S/c1-18-12-14-20(15-13-18)34(32,33)28-16-23(30)29(22-11-7-6-10-21(22)26)25(2,17-28)24(31)27-19-8-4-3-5-9-19/h6-7,10-15,19H,3-5,8-9,16-17H2,1-2H3,(H,27,31)/t25-/m1/s1. The van der Waals surface area contributed by atoms with Crippen LogP contribution < -0.4 is 10.2 Å². The van der Waals surface area contributed by atoms with Crippen molar-refractivity contribution in [1.82, 2.24) is 9.62 Å². The van der Waals surface area contributed by atoms with Gasteiger partial charge in [-0.1, -0.05) is 49.1 Å². The molecule has 34 heavy (non-hydrogen) atoms. The first-order valence-corrected chi connectivity index (χ1v) is 13.0. The summed E-state index contributed by atoms with van der Waals surface area (Å²) in [7, 11) is -4.05. The maximum atomic E-state index is 14.8. The van der Waals surface area contributed by atoms with Gasteiger partial charge in [-0.15, -0.1) is 0 Å². The predicted octanol–water partition coefficient (Wildman–Crippen LogP) is 3.38. The third-order valence-corrected chi connectivity index (χ3v) is 8.53. The van der Waals surface area contributed by atoms with Crippen molar-refractivity contribution < 1.29 is 22.4 Å². The van der Waals surface area contributed by atoms with Crippen molar-refractivity contribution in [2.24, 2.45) is 0 Å². The first-order chi connectivity index (χ1) is 16.1. The van der Waals surface area contributed by atoms with E-state index in [0.29, 0.717) is 0 Å². The molecule has 0 spiro atoms. The molecule has 2 aromatic rings. The number of rotatable bonds is 5. The van der Waals surface area contributed by atoms with E-state index >= 15 is 0 Å². The highest BCUT2D eigenvalue weighted by Gasteiger charge is 2.52. The van der Waals surface area contributed by atoms with Crippen molar-refractivity contribution in [3.05, 3.63) is 59.9 Å². The largest absolute Gasteiger partial charge is 0.351 e. The van der Waals surface area contributed by atoms with Crippen LogP contribution in [-0.2, 0) is 19.6 Å². The minimum atomic E-state index is -4.05. The second kappa shape index (κ2) is 9.46. The van der Waals surface area contributed by atoms with E-state index in [1.54, 1.807) is 18.2 Å². The average Bonchev–Trinajstić information content (AvgIpc) is 2.80. The van der Waals surface area contributed by atoms with Crippen molar-refractivity contribution in [1.29, 1.82) is 0 Å². The van der Waals surface area contributed by atoms with E-state index in [1.165, 1.54) is 37.3 Å². The molecule has 1 N–H and O–H groups in total. The molecule has 1 aliphatic heterocycles. The van der Waals surface area contributed by atoms with Crippen LogP contribution in [0.4, 0.5) is 10.1 Å². The van der Waals surface area contributed by atoms with Gasteiger partial charge in [0.1, 0.15) is 11.4 Å². The van der Waals surface area contributed by atoms with E-state index < -0.39 is 39.7 Å². The molecule has 1 atom stereocenters. The van der Waals surface area contributed by atoms with Gasteiger partial charge < -0.3 is 5.32 Å². The SMILES string of the molecule is Cc1ccc(S(=O)(=O)N2CC(=O)N(c3ccccc3F)[C@@](C)(C(=O)NC3CCCCC3)C2)cc1. The van der Waals surface area contributed by atoms with Crippen molar-refractivity contribution in [3.8, 4) is 0 Å². The van der Waals surface area contributed by atoms with Crippen LogP contribution in [0, 0.1) is 12.7 Å². The molecule has 2 aliphatic rings. The Hall–Kier alpha value is -2.78. The zero-order chi connectivity index (χ0) is 24.5. The molecule has 2 amide bonds. The number of nitrogens with zero attached hydrogens (tertiary/aromatic N) is 2. The number of hydrogen-bond acceptors (Lipinski definition) is 4. The first-order valence-electron chi connectivity index (χ1n) is 11.6. The Morgan fingerprint density at radius 3 is 2.35 bits per heavy atom. The van der Waals surface area contributed by atoms with Crippen LogP contribution in [0.1, 0.15) is 44.6 Å². The number of hydrogen-bond donors (Lipinski definition) is 1. The van der Waals surface area contributed by atoms with Gasteiger partial charge in [0.25, 0.3) is 0 Å². The number of halogens is 1. The van der Waals surface area contributed by atoms with Crippen LogP contribution >= 0.6 is 0 Å². The Balaban J connectivity index is 1.73. The summed E-state index contributed by atoms with van der Waals surface area (Å²) < 4.78 is 42.6. The lowest BCUT2D eigenvalue weighted by Gasteiger charge is -2.47. The molecular formula is C25H30FN3O4S. The lowest BCUT2D eigenvalue weighted by atomic mass is 9.91. The van der Waals surface area contributed by atoms with E-state index in [0.717, 1.165) is 46.9 Å². The summed E-state index contributed by atoms with van der Waals surface area (Å²) >= 11 is 0. The van der Waals surface area contributed by atoms with Crippen LogP contribution in [0.3, 0.4) is 0 Å². The highest BCUT2D eigenvalue weighted by atomic mass is 32.2. The lowest BCUT2D eigenvalue weighted by molar-refractivity contribution is -0.133. The third-order valence-electron chi connectivity index (χ3n) is 6.72. The van der Waals surface area contributed by atoms with E-state index in [-0.39, 0.29) is 23.2 Å². The fraction of sp³-hybridized carbons (Fsp3) is 0.440. The number of carbonyl (C=O) groups is 2. The van der Waals surface area contributed by atoms with Crippen LogP contribution in [0.5, 0.6) is 0 Å². The zero-order valence-corrected chi connectivity index (χ0v) is 20.3. The fourth-order valence-electron chi connectivity index (χ4n) is 4.79. The Morgan fingerprint density at radius 1 is 1.06 bits per heavy atom. The molecule has 9 heteroatoms. The van der Waals surface area contributed by atoms with E-state index in [4.69, 9.17) is 0 Å². The number of anilines is 1. The van der Waals surface area contributed by atoms with E-state index in [1.807, 2.05) is 6.92 Å². The molecule has 0 bridgehead atoms. The number of nitrogens with one attached hydrogen (secondary N) is 1. The molecular weight excluding hydrogens is 457 g/mol. The number of carbonyl (C=O) groups excluding carboxylic acids is 2. The van der Waals surface area contributed by atoms with Crippen LogP contribution in [-0.4, -0.2) is 49.2 Å². The topological polar surface area (TPSA) is 86.8 Å². The molecule has 0 unspecified atom stereocenters. The summed E-state index contributed by atoms with van der Waals surface area (Å²) in [6.45, 7) is 2.57. The summed E-state index contributed by atoms with van der Waals surface area (Å²) in [5, 5.41) is 3.01. The zero-order valence-electron chi connectivity index (χ0n) is 19.5. The highest BCUT2D eigenvalue weighted by molar-refractivity contribution is 7.89. The van der Waals surface area contributed by atoms with Crippen LogP contribution in [0.25, 0.3) is 0 Å². The molecule has 0 aromatic heterocycles. The Bertz CT molecular complexity index is 1180. The second-order valence-electron chi connectivity index (χ2n) is 9.35. The first kappa shape index (κ1) is 24.3. The monoisotopic (exact) mass is 487 g/mol. The summed E-state index contributed by atoms with van der Waals surface area (Å²) in [4.78, 5) is 28.2. The average molecular weight is 488 g/mol. The summed E-state index contributed by atoms with van der Waals surface area (Å²) in [5.41, 5.74) is -0.774. The minimum absolute atomic E-state index is 0.0406. The Kier molecular flexibility index (Phi) is 6.78. The minimum Gasteiger partial charge on any atom is -0.351 e. The predicted molar refractivity (Wildman–Crippen MR) is 127 cm³/mol. The normalized spacial score (nSPS) is 22.6. The highest BCUT2D eigenvalue weighted by Crippen LogP contribution is 2.34. The van der Waals surface area contributed by atoms with Gasteiger partial charge in [-0.25, -0.2) is 12.8 Å². The molecule has 1 saturated carbocycles. The van der Waals surface area contributed by atoms with Crippen LogP contribution in [0.2, 0.25) is 0 Å². The second-order valence-corrected chi connectivity index (χ2v) is 11.3. The maximum absolute atomic E-state index is 14.8. The molecule has 1 heterocycles. The van der Waals surface area contributed by atoms with Gasteiger partial charge in [0.05, 0.1) is 17.1 Å². The number of piperazine rings is 1. The van der Waals surface area contributed by atoms with Crippen molar-refractivity contribution in [2.75, 3.05) is 18.0 Å². The molecule has 1 aliphatic carbocycles. The number of amides is 2. The molecule has 7 nitrogen and oxygen atoms in total. The molecule has 182 valence electrons. The smallest absolute Gasteiger partial charge is 0.247 e. The van der Waals surface area contributed by atoms with Crippen LogP contribution in [0.15, 0.2) is 53.4 Å². The van der Waals surface area contributed by atoms with Crippen molar-refractivity contribution in [2.45, 2.75) is 62.4 Å². The molecule has 4 rings (SSSR count). The van der Waals surface area contributed by atoms with E-state index in [2.05, 4.69) is 5.32 Å². The molecule has 2 fully saturated rings. The summed E-state index contributed by atoms with van der Waals surface area (Å²) in [6, 6.07) is 12.0. The van der Waals surface area contributed by atoms with Gasteiger partial charge >= 0.3 is 0 Å². The quantitative estimate of drug-likeness (QED) is 0.701. The van der Waals surface area contributed by atoms with Gasteiger partial charge in [-0.2, -0.15) is 4.31 Å². The number of benzene rings is 2. The van der Waals surface area contributed by atoms with Gasteiger partial charge in [-0.05, 0) is 51.0 Å². The molecule has 0 radical (unpaired) electrons. The lowest BCUT2D eigenvalue weighted by Crippen LogP contribution is -2.71. The maximum Gasteiger partial charge on any atom is 0.247 e. The van der Waals surface area contributed by atoms with E-state index in [9.17, 15) is 22.4 Å². The Morgan fingerprint density at radius 2 is 1.71 bits per heavy atom. The van der Waals surface area contributed by atoms with Gasteiger partial charge in [0, 0.05) is 12.6 Å². The Labute approximate surface area is 200 Å². The molecule has 1 saturated heterocycles. The summed E-state index contributed by atoms with van der Waals surface area (Å²) in [6.07, 6.45) is 4.73.